The Morgan fingerprint density at radius 1 is 1.46 bits per heavy atom. The number of hydrogen-bond acceptors (Lipinski definition) is 3. The molecule has 1 aromatic heterocycles. The van der Waals surface area contributed by atoms with Gasteiger partial charge in [-0.05, 0) is 30.9 Å². The molecule has 0 radical (unpaired) electrons. The summed E-state index contributed by atoms with van der Waals surface area (Å²) in [6.07, 6.45) is 2.66. The molecule has 0 saturated heterocycles. The lowest BCUT2D eigenvalue weighted by molar-refractivity contribution is 0.888. The van der Waals surface area contributed by atoms with E-state index >= 15 is 0 Å². The van der Waals surface area contributed by atoms with E-state index in [2.05, 4.69) is 29.6 Å². The Labute approximate surface area is 81.6 Å². The fourth-order valence-electron chi connectivity index (χ4n) is 1.30. The highest BCUT2D eigenvalue weighted by Crippen LogP contribution is 2.15. The third kappa shape index (κ3) is 1.45. The Bertz CT molecular complexity index is 447. The summed E-state index contributed by atoms with van der Waals surface area (Å²) in [4.78, 5) is 0. The molecular formula is C9H9N3S. The lowest BCUT2D eigenvalue weighted by atomic mass is 10.1. The molecule has 0 N–H and O–H groups in total. The summed E-state index contributed by atoms with van der Waals surface area (Å²) in [7, 11) is 0. The summed E-state index contributed by atoms with van der Waals surface area (Å²) in [5.74, 6) is 0. The van der Waals surface area contributed by atoms with E-state index in [-0.39, 0.29) is 0 Å². The van der Waals surface area contributed by atoms with Gasteiger partial charge in [0.05, 0.1) is 0 Å². The maximum Gasteiger partial charge on any atom is 0.117 e. The molecule has 0 saturated carbocycles. The summed E-state index contributed by atoms with van der Waals surface area (Å²) >= 11 is 4.03. The van der Waals surface area contributed by atoms with Crippen LogP contribution in [-0.4, -0.2) is 14.4 Å². The normalized spacial score (nSPS) is 10.5. The first kappa shape index (κ1) is 8.31. The van der Waals surface area contributed by atoms with Gasteiger partial charge in [-0.2, -0.15) is 0 Å². The van der Waals surface area contributed by atoms with Crippen LogP contribution in [0.15, 0.2) is 30.9 Å². The zero-order valence-electron chi connectivity index (χ0n) is 7.01. The minimum Gasteiger partial charge on any atom is -0.142 e. The van der Waals surface area contributed by atoms with Crippen molar-refractivity contribution in [2.75, 3.05) is 0 Å². The van der Waals surface area contributed by atoms with Crippen LogP contribution in [0.25, 0.3) is 11.0 Å². The molecule has 4 heteroatoms. The van der Waals surface area contributed by atoms with Crippen LogP contribution >= 0.6 is 12.8 Å². The van der Waals surface area contributed by atoms with E-state index in [4.69, 9.17) is 0 Å². The predicted molar refractivity (Wildman–Crippen MR) is 55.8 cm³/mol. The molecule has 66 valence electrons. The zero-order valence-corrected chi connectivity index (χ0v) is 7.91. The Morgan fingerprint density at radius 2 is 2.31 bits per heavy atom. The van der Waals surface area contributed by atoms with Gasteiger partial charge >= 0.3 is 0 Å². The largest absolute Gasteiger partial charge is 0.142 e. The zero-order chi connectivity index (χ0) is 9.26. The van der Waals surface area contributed by atoms with E-state index in [1.54, 1.807) is 0 Å². The third-order valence-electron chi connectivity index (χ3n) is 1.85. The number of nitrogens with zero attached hydrogens (tertiary/aromatic N) is 3. The number of rotatable bonds is 2. The molecule has 0 spiro atoms. The molecule has 0 bridgehead atoms. The van der Waals surface area contributed by atoms with Gasteiger partial charge in [-0.15, -0.1) is 21.0 Å². The van der Waals surface area contributed by atoms with E-state index in [9.17, 15) is 0 Å². The Morgan fingerprint density at radius 3 is 3.08 bits per heavy atom. The van der Waals surface area contributed by atoms with Gasteiger partial charge in [-0.25, -0.2) is 0 Å². The van der Waals surface area contributed by atoms with Crippen LogP contribution in [0.3, 0.4) is 0 Å². The second-order valence-corrected chi connectivity index (χ2v) is 3.10. The number of aromatic nitrogens is 3. The van der Waals surface area contributed by atoms with Crippen LogP contribution in [-0.2, 0) is 6.42 Å². The van der Waals surface area contributed by atoms with Crippen LogP contribution in [0, 0.1) is 0 Å². The van der Waals surface area contributed by atoms with Gasteiger partial charge in [0.2, 0.25) is 0 Å². The molecule has 0 aliphatic heterocycles. The smallest absolute Gasteiger partial charge is 0.117 e. The SMILES string of the molecule is C=CCc1cccc2nn(S)nc12. The fraction of sp³-hybridized carbons (Fsp3) is 0.111. The molecule has 0 aliphatic rings. The molecule has 0 amide bonds. The van der Waals surface area contributed by atoms with Crippen LogP contribution in [0.1, 0.15) is 5.56 Å². The first-order chi connectivity index (χ1) is 6.31. The van der Waals surface area contributed by atoms with Crippen molar-refractivity contribution in [3.05, 3.63) is 36.4 Å². The van der Waals surface area contributed by atoms with Gasteiger partial charge in [0.25, 0.3) is 0 Å². The number of allylic oxidation sites excluding steroid dienone is 1. The van der Waals surface area contributed by atoms with Gasteiger partial charge in [0.1, 0.15) is 11.0 Å². The summed E-state index contributed by atoms with van der Waals surface area (Å²) < 4.78 is 1.29. The van der Waals surface area contributed by atoms with Crippen LogP contribution in [0.5, 0.6) is 0 Å². The van der Waals surface area contributed by atoms with Crippen molar-refractivity contribution in [3.63, 3.8) is 0 Å². The highest BCUT2D eigenvalue weighted by Gasteiger charge is 2.04. The molecule has 1 aromatic carbocycles. The molecule has 0 aliphatic carbocycles. The number of hydrogen-bond donors (Lipinski definition) is 1. The van der Waals surface area contributed by atoms with Gasteiger partial charge in [-0.3, -0.25) is 0 Å². The van der Waals surface area contributed by atoms with E-state index in [0.717, 1.165) is 23.0 Å². The maximum atomic E-state index is 4.15. The first-order valence-corrected chi connectivity index (χ1v) is 4.36. The monoisotopic (exact) mass is 191 g/mol. The molecule has 2 aromatic rings. The van der Waals surface area contributed by atoms with Gasteiger partial charge < -0.3 is 0 Å². The molecule has 0 atom stereocenters. The summed E-state index contributed by atoms with van der Waals surface area (Å²) in [5, 5.41) is 8.25. The van der Waals surface area contributed by atoms with Crippen molar-refractivity contribution in [3.8, 4) is 0 Å². The van der Waals surface area contributed by atoms with Gasteiger partial charge in [-0.1, -0.05) is 18.2 Å². The number of fused-ring (bicyclic) bond motifs is 1. The van der Waals surface area contributed by atoms with Crippen LogP contribution in [0.2, 0.25) is 0 Å². The Kier molecular flexibility index (Phi) is 2.06. The molecule has 2 rings (SSSR count). The van der Waals surface area contributed by atoms with Gasteiger partial charge in [0.15, 0.2) is 0 Å². The van der Waals surface area contributed by atoms with Crippen molar-refractivity contribution in [2.24, 2.45) is 0 Å². The minimum atomic E-state index is 0.809. The second-order valence-electron chi connectivity index (χ2n) is 2.75. The summed E-state index contributed by atoms with van der Waals surface area (Å²) in [6, 6.07) is 5.90. The standard InChI is InChI=1S/C9H9N3S/c1-2-4-7-5-3-6-8-9(7)11-12(13)10-8/h2-3,5-6,13H,1,4H2. The van der Waals surface area contributed by atoms with E-state index in [1.807, 2.05) is 24.3 Å². The summed E-state index contributed by atoms with van der Waals surface area (Å²) in [6.45, 7) is 3.70. The third-order valence-corrected chi connectivity index (χ3v) is 2.03. The quantitative estimate of drug-likeness (QED) is 0.580. The lowest BCUT2D eigenvalue weighted by Crippen LogP contribution is -1.84. The minimum absolute atomic E-state index is 0.809. The lowest BCUT2D eigenvalue weighted by Gasteiger charge is -1.94. The maximum absolute atomic E-state index is 4.15. The van der Waals surface area contributed by atoms with E-state index in [0.29, 0.717) is 0 Å². The van der Waals surface area contributed by atoms with E-state index in [1.165, 1.54) is 4.20 Å². The molecular weight excluding hydrogens is 182 g/mol. The Balaban J connectivity index is 2.67. The van der Waals surface area contributed by atoms with Crippen LogP contribution in [0.4, 0.5) is 0 Å². The van der Waals surface area contributed by atoms with Gasteiger partial charge in [0, 0.05) is 0 Å². The second kappa shape index (κ2) is 3.22. The topological polar surface area (TPSA) is 30.7 Å². The van der Waals surface area contributed by atoms with Crippen molar-refractivity contribution in [2.45, 2.75) is 6.42 Å². The summed E-state index contributed by atoms with van der Waals surface area (Å²) in [5.41, 5.74) is 2.90. The van der Waals surface area contributed by atoms with E-state index < -0.39 is 0 Å². The highest BCUT2D eigenvalue weighted by molar-refractivity contribution is 7.78. The molecule has 1 heterocycles. The van der Waals surface area contributed by atoms with Crippen molar-refractivity contribution < 1.29 is 0 Å². The highest BCUT2D eigenvalue weighted by atomic mass is 32.1. The Hall–Kier alpha value is -1.29. The number of benzene rings is 1. The number of thiol groups is 1. The molecule has 3 nitrogen and oxygen atoms in total. The van der Waals surface area contributed by atoms with Crippen LogP contribution < -0.4 is 0 Å². The predicted octanol–water partition coefficient (Wildman–Crippen LogP) is 1.85. The van der Waals surface area contributed by atoms with Crippen molar-refractivity contribution >= 4 is 23.8 Å². The molecule has 0 fully saturated rings. The van der Waals surface area contributed by atoms with Crippen molar-refractivity contribution in [1.29, 1.82) is 0 Å². The first-order valence-electron chi connectivity index (χ1n) is 3.96. The van der Waals surface area contributed by atoms with Crippen molar-refractivity contribution in [1.82, 2.24) is 14.4 Å². The molecule has 0 unspecified atom stereocenters. The fourth-order valence-corrected chi connectivity index (χ4v) is 1.49. The average molecular weight is 191 g/mol. The average Bonchev–Trinajstić information content (AvgIpc) is 2.47. The molecule has 13 heavy (non-hydrogen) atoms.